The topological polar surface area (TPSA) is 79.1 Å². The van der Waals surface area contributed by atoms with Crippen molar-refractivity contribution >= 4 is 17.6 Å². The molecule has 0 saturated carbocycles. The van der Waals surface area contributed by atoms with Crippen LogP contribution >= 0.6 is 11.6 Å². The lowest BCUT2D eigenvalue weighted by atomic mass is 10.2. The molecule has 0 aliphatic carbocycles. The number of carbonyl (C=O) groups is 1. The van der Waals surface area contributed by atoms with E-state index in [1.165, 1.54) is 42.9 Å². The summed E-state index contributed by atoms with van der Waals surface area (Å²) in [5.74, 6) is -0.408. The van der Waals surface area contributed by atoms with E-state index in [1.54, 1.807) is 0 Å². The molecule has 11 heteroatoms. The summed E-state index contributed by atoms with van der Waals surface area (Å²) in [5, 5.41) is 3.64. The van der Waals surface area contributed by atoms with Gasteiger partial charge in [0.05, 0.1) is 23.6 Å². The molecule has 0 aliphatic heterocycles. The fourth-order valence-electron chi connectivity index (χ4n) is 2.13. The van der Waals surface area contributed by atoms with Crippen LogP contribution in [0.4, 0.5) is 13.2 Å². The first-order valence-electron chi connectivity index (χ1n) is 7.84. The largest absolute Gasteiger partial charge is 0.473 e. The molecule has 3 aromatic rings. The average molecular weight is 413 g/mol. The normalized spacial score (nSPS) is 11.3. The molecule has 28 heavy (non-hydrogen) atoms. The number of nitrogens with zero attached hydrogens (tertiary/aromatic N) is 4. The molecular weight excluding hydrogens is 401 g/mol. The van der Waals surface area contributed by atoms with Crippen LogP contribution < -0.4 is 4.74 Å². The minimum Gasteiger partial charge on any atom is -0.473 e. The molecule has 146 valence electrons. The minimum absolute atomic E-state index is 0.0388. The van der Waals surface area contributed by atoms with E-state index < -0.39 is 17.8 Å². The number of hydrogen-bond acceptors (Lipinski definition) is 6. The third-order valence-electron chi connectivity index (χ3n) is 3.40. The van der Waals surface area contributed by atoms with Gasteiger partial charge >= 0.3 is 12.1 Å². The van der Waals surface area contributed by atoms with E-state index in [-0.39, 0.29) is 29.8 Å². The molecule has 2 heterocycles. The van der Waals surface area contributed by atoms with Gasteiger partial charge in [-0.1, -0.05) is 11.6 Å². The molecule has 7 nitrogen and oxygen atoms in total. The molecule has 0 bridgehead atoms. The highest BCUT2D eigenvalue weighted by Crippen LogP contribution is 2.27. The van der Waals surface area contributed by atoms with E-state index in [1.807, 2.05) is 0 Å². The van der Waals surface area contributed by atoms with Crippen molar-refractivity contribution in [1.82, 2.24) is 19.7 Å². The Hall–Kier alpha value is -3.14. The number of benzene rings is 1. The Morgan fingerprint density at radius 1 is 1.11 bits per heavy atom. The molecule has 0 spiro atoms. The third kappa shape index (κ3) is 4.97. The molecule has 0 radical (unpaired) electrons. The van der Waals surface area contributed by atoms with Crippen molar-refractivity contribution in [3.63, 3.8) is 0 Å². The van der Waals surface area contributed by atoms with Crippen molar-refractivity contribution in [2.24, 2.45) is 0 Å². The Morgan fingerprint density at radius 3 is 2.50 bits per heavy atom. The first kappa shape index (κ1) is 19.6. The van der Waals surface area contributed by atoms with Crippen LogP contribution in [-0.2, 0) is 10.9 Å². The van der Waals surface area contributed by atoms with Crippen molar-refractivity contribution in [3.8, 4) is 11.6 Å². The van der Waals surface area contributed by atoms with Crippen LogP contribution in [0.2, 0.25) is 5.15 Å². The lowest BCUT2D eigenvalue weighted by Gasteiger charge is -2.07. The first-order chi connectivity index (χ1) is 13.3. The molecule has 0 fully saturated rings. The number of rotatable bonds is 6. The summed E-state index contributed by atoms with van der Waals surface area (Å²) in [5.41, 5.74) is -0.398. The lowest BCUT2D eigenvalue weighted by molar-refractivity contribution is -0.141. The first-order valence-corrected chi connectivity index (χ1v) is 8.21. The second-order valence-corrected chi connectivity index (χ2v) is 5.74. The fourth-order valence-corrected chi connectivity index (χ4v) is 2.27. The van der Waals surface area contributed by atoms with E-state index in [2.05, 4.69) is 15.1 Å². The van der Waals surface area contributed by atoms with Gasteiger partial charge in [-0.25, -0.2) is 9.48 Å². The van der Waals surface area contributed by atoms with Crippen molar-refractivity contribution in [3.05, 3.63) is 65.3 Å². The number of carbonyl (C=O) groups excluding carboxylic acids is 1. The van der Waals surface area contributed by atoms with Crippen LogP contribution in [0.5, 0.6) is 5.88 Å². The minimum atomic E-state index is -4.52. The van der Waals surface area contributed by atoms with Crippen LogP contribution in [0, 0.1) is 0 Å². The van der Waals surface area contributed by atoms with Crippen molar-refractivity contribution in [1.29, 1.82) is 0 Å². The predicted octanol–water partition coefficient (Wildman–Crippen LogP) is 3.57. The molecule has 3 rings (SSSR count). The Balaban J connectivity index is 1.53. The molecule has 0 aliphatic rings. The van der Waals surface area contributed by atoms with Crippen LogP contribution in [0.3, 0.4) is 0 Å². The van der Waals surface area contributed by atoms with E-state index in [4.69, 9.17) is 21.1 Å². The zero-order chi connectivity index (χ0) is 20.1. The van der Waals surface area contributed by atoms with Gasteiger partial charge < -0.3 is 9.47 Å². The number of esters is 1. The summed E-state index contributed by atoms with van der Waals surface area (Å²) in [6.45, 7) is 0.00916. The van der Waals surface area contributed by atoms with Gasteiger partial charge in [-0.2, -0.15) is 23.3 Å². The SMILES string of the molecule is O=C(OCCOc1cncc(Cl)n1)c1ccc(-n2ccc(C(F)(F)F)n2)cc1. The Morgan fingerprint density at radius 2 is 1.86 bits per heavy atom. The quantitative estimate of drug-likeness (QED) is 0.455. The summed E-state index contributed by atoms with van der Waals surface area (Å²) < 4.78 is 49.2. The number of ether oxygens (including phenoxy) is 2. The molecule has 0 saturated heterocycles. The zero-order valence-corrected chi connectivity index (χ0v) is 14.8. The van der Waals surface area contributed by atoms with E-state index in [0.29, 0.717) is 5.69 Å². The van der Waals surface area contributed by atoms with Gasteiger partial charge in [0.1, 0.15) is 13.2 Å². The highest BCUT2D eigenvalue weighted by atomic mass is 35.5. The summed E-state index contributed by atoms with van der Waals surface area (Å²) in [6, 6.07) is 6.64. The van der Waals surface area contributed by atoms with Crippen molar-refractivity contribution in [2.45, 2.75) is 6.18 Å². The van der Waals surface area contributed by atoms with Gasteiger partial charge in [0.15, 0.2) is 10.8 Å². The Labute approximate surface area is 161 Å². The smallest absolute Gasteiger partial charge is 0.435 e. The molecule has 1 aromatic carbocycles. The predicted molar refractivity (Wildman–Crippen MR) is 91.4 cm³/mol. The lowest BCUT2D eigenvalue weighted by Crippen LogP contribution is -2.13. The monoisotopic (exact) mass is 412 g/mol. The number of aromatic nitrogens is 4. The summed E-state index contributed by atoms with van der Waals surface area (Å²) in [4.78, 5) is 19.7. The molecule has 0 N–H and O–H groups in total. The zero-order valence-electron chi connectivity index (χ0n) is 14.1. The Bertz CT molecular complexity index is 961. The maximum atomic E-state index is 12.6. The standard InChI is InChI=1S/C17H12ClF3N4O3/c18-14-9-22-10-15(23-14)27-7-8-28-16(26)11-1-3-12(4-2-11)25-6-5-13(24-25)17(19,20)21/h1-6,9-10H,7-8H2. The fraction of sp³-hybridized carbons (Fsp3) is 0.176. The number of halogens is 4. The highest BCUT2D eigenvalue weighted by molar-refractivity contribution is 6.29. The summed E-state index contributed by atoms with van der Waals surface area (Å²) in [7, 11) is 0. The van der Waals surface area contributed by atoms with Crippen molar-refractivity contribution < 1.29 is 27.4 Å². The van der Waals surface area contributed by atoms with E-state index >= 15 is 0 Å². The van der Waals surface area contributed by atoms with E-state index in [9.17, 15) is 18.0 Å². The van der Waals surface area contributed by atoms with Crippen molar-refractivity contribution in [2.75, 3.05) is 13.2 Å². The van der Waals surface area contributed by atoms with Crippen LogP contribution in [0.25, 0.3) is 5.69 Å². The highest BCUT2D eigenvalue weighted by Gasteiger charge is 2.33. The van der Waals surface area contributed by atoms with Crippen LogP contribution in [0.15, 0.2) is 48.9 Å². The number of alkyl halides is 3. The third-order valence-corrected chi connectivity index (χ3v) is 3.58. The molecule has 0 amide bonds. The summed E-state index contributed by atoms with van der Waals surface area (Å²) >= 11 is 5.67. The van der Waals surface area contributed by atoms with Gasteiger partial charge in [-0.05, 0) is 30.3 Å². The van der Waals surface area contributed by atoms with Gasteiger partial charge in [0.2, 0.25) is 5.88 Å². The van der Waals surface area contributed by atoms with Gasteiger partial charge in [-0.15, -0.1) is 0 Å². The second-order valence-electron chi connectivity index (χ2n) is 5.35. The van der Waals surface area contributed by atoms with E-state index in [0.717, 1.165) is 10.7 Å². The molecule has 2 aromatic heterocycles. The van der Waals surface area contributed by atoms with Gasteiger partial charge in [-0.3, -0.25) is 4.98 Å². The Kier molecular flexibility index (Phi) is 5.78. The number of hydrogen-bond donors (Lipinski definition) is 0. The van der Waals surface area contributed by atoms with Crippen LogP contribution in [-0.4, -0.2) is 38.9 Å². The average Bonchev–Trinajstić information content (AvgIpc) is 3.16. The van der Waals surface area contributed by atoms with Crippen LogP contribution in [0.1, 0.15) is 16.1 Å². The maximum absolute atomic E-state index is 12.6. The van der Waals surface area contributed by atoms with Gasteiger partial charge in [0, 0.05) is 6.20 Å². The molecule has 0 atom stereocenters. The molecule has 0 unspecified atom stereocenters. The maximum Gasteiger partial charge on any atom is 0.435 e. The van der Waals surface area contributed by atoms with Gasteiger partial charge in [0.25, 0.3) is 0 Å². The second kappa shape index (κ2) is 8.26. The summed E-state index contributed by atoms with van der Waals surface area (Å²) in [6.07, 6.45) is -0.614. The molecular formula is C17H12ClF3N4O3.